The highest BCUT2D eigenvalue weighted by atomic mass is 35.5. The summed E-state index contributed by atoms with van der Waals surface area (Å²) < 4.78 is 6.92. The van der Waals surface area contributed by atoms with Gasteiger partial charge in [-0.2, -0.15) is 0 Å². The lowest BCUT2D eigenvalue weighted by Gasteiger charge is -2.26. The van der Waals surface area contributed by atoms with Gasteiger partial charge in [-0.15, -0.1) is 0 Å². The number of pyridine rings is 1. The molecule has 1 aliphatic heterocycles. The van der Waals surface area contributed by atoms with Crippen molar-refractivity contribution in [3.63, 3.8) is 0 Å². The van der Waals surface area contributed by atoms with Crippen molar-refractivity contribution in [2.24, 2.45) is 0 Å². The van der Waals surface area contributed by atoms with Gasteiger partial charge in [0.25, 0.3) is 11.5 Å². The van der Waals surface area contributed by atoms with Gasteiger partial charge in [-0.05, 0) is 35.4 Å². The van der Waals surface area contributed by atoms with E-state index in [2.05, 4.69) is 10.2 Å². The van der Waals surface area contributed by atoms with Gasteiger partial charge >= 0.3 is 0 Å². The van der Waals surface area contributed by atoms with Gasteiger partial charge in [0.15, 0.2) is 0 Å². The molecule has 1 aliphatic rings. The van der Waals surface area contributed by atoms with Crippen molar-refractivity contribution in [3.8, 4) is 0 Å². The van der Waals surface area contributed by atoms with Crippen molar-refractivity contribution in [1.82, 2.24) is 9.47 Å². The predicted octanol–water partition coefficient (Wildman–Crippen LogP) is 3.63. The predicted molar refractivity (Wildman–Crippen MR) is 122 cm³/mol. The van der Waals surface area contributed by atoms with Crippen LogP contribution in [0, 0.1) is 0 Å². The van der Waals surface area contributed by atoms with Crippen LogP contribution >= 0.6 is 11.6 Å². The lowest BCUT2D eigenvalue weighted by atomic mass is 10.1. The Morgan fingerprint density at radius 2 is 1.81 bits per heavy atom. The van der Waals surface area contributed by atoms with Crippen LogP contribution in [0.3, 0.4) is 0 Å². The molecule has 1 fully saturated rings. The molecular weight excluding hydrogens is 414 g/mol. The highest BCUT2D eigenvalue weighted by Gasteiger charge is 2.13. The smallest absolute Gasteiger partial charge is 0.255 e. The molecule has 0 radical (unpaired) electrons. The van der Waals surface area contributed by atoms with Gasteiger partial charge in [-0.3, -0.25) is 14.5 Å². The Balaban J connectivity index is 1.46. The van der Waals surface area contributed by atoms with E-state index in [4.69, 9.17) is 16.3 Å². The molecule has 160 valence electrons. The van der Waals surface area contributed by atoms with Crippen LogP contribution in [0.5, 0.6) is 0 Å². The normalized spacial score (nSPS) is 14.4. The summed E-state index contributed by atoms with van der Waals surface area (Å²) in [6.45, 7) is 4.38. The quantitative estimate of drug-likeness (QED) is 0.639. The molecular formula is C24H24ClN3O3. The largest absolute Gasteiger partial charge is 0.379 e. The summed E-state index contributed by atoms with van der Waals surface area (Å²) >= 11 is 6.22. The number of morpholine rings is 1. The second-order valence-corrected chi connectivity index (χ2v) is 7.93. The van der Waals surface area contributed by atoms with E-state index in [0.29, 0.717) is 22.8 Å². The van der Waals surface area contributed by atoms with E-state index in [1.807, 2.05) is 36.4 Å². The summed E-state index contributed by atoms with van der Waals surface area (Å²) in [6.07, 6.45) is 1.64. The van der Waals surface area contributed by atoms with Gasteiger partial charge in [0.2, 0.25) is 0 Å². The number of ether oxygens (including phenoxy) is 1. The first-order valence-corrected chi connectivity index (χ1v) is 10.6. The maximum Gasteiger partial charge on any atom is 0.255 e. The van der Waals surface area contributed by atoms with Crippen molar-refractivity contribution >= 4 is 23.2 Å². The average molecular weight is 438 g/mol. The van der Waals surface area contributed by atoms with Gasteiger partial charge < -0.3 is 14.6 Å². The molecule has 0 unspecified atom stereocenters. The van der Waals surface area contributed by atoms with Crippen LogP contribution in [0.2, 0.25) is 5.02 Å². The lowest BCUT2D eigenvalue weighted by molar-refractivity contribution is 0.0342. The third-order valence-corrected chi connectivity index (χ3v) is 5.61. The molecule has 0 bridgehead atoms. The van der Waals surface area contributed by atoms with Gasteiger partial charge in [0.05, 0.1) is 25.4 Å². The zero-order valence-electron chi connectivity index (χ0n) is 17.1. The van der Waals surface area contributed by atoms with Gasteiger partial charge in [-0.1, -0.05) is 41.9 Å². The van der Waals surface area contributed by atoms with Crippen LogP contribution in [0.1, 0.15) is 21.5 Å². The topological polar surface area (TPSA) is 63.6 Å². The summed E-state index contributed by atoms with van der Waals surface area (Å²) in [5.41, 5.74) is 2.89. The first kappa shape index (κ1) is 21.3. The van der Waals surface area contributed by atoms with E-state index < -0.39 is 0 Å². The van der Waals surface area contributed by atoms with Gasteiger partial charge in [0, 0.05) is 42.5 Å². The molecule has 1 aromatic heterocycles. The number of nitrogens with one attached hydrogen (secondary N) is 1. The molecule has 0 spiro atoms. The minimum atomic E-state index is -0.216. The summed E-state index contributed by atoms with van der Waals surface area (Å²) in [6, 6.07) is 18.1. The van der Waals surface area contributed by atoms with E-state index in [-0.39, 0.29) is 11.5 Å². The SMILES string of the molecule is O=C(Nc1ccc(=O)n(Cc2ccccc2Cl)c1)c1cccc(CN2CCOCC2)c1. The Labute approximate surface area is 186 Å². The van der Waals surface area contributed by atoms with E-state index >= 15 is 0 Å². The Hall–Kier alpha value is -2.93. The molecule has 2 heterocycles. The minimum Gasteiger partial charge on any atom is -0.379 e. The van der Waals surface area contributed by atoms with Crippen molar-refractivity contribution in [2.45, 2.75) is 13.1 Å². The average Bonchev–Trinajstić information content (AvgIpc) is 2.78. The number of carbonyl (C=O) groups is 1. The summed E-state index contributed by atoms with van der Waals surface area (Å²) in [5.74, 6) is -0.216. The first-order chi connectivity index (χ1) is 15.1. The Bertz CT molecular complexity index is 1120. The van der Waals surface area contributed by atoms with Gasteiger partial charge in [-0.25, -0.2) is 0 Å². The molecule has 31 heavy (non-hydrogen) atoms. The van der Waals surface area contributed by atoms with Crippen molar-refractivity contribution in [2.75, 3.05) is 31.6 Å². The van der Waals surface area contributed by atoms with Crippen molar-refractivity contribution in [1.29, 1.82) is 0 Å². The molecule has 2 aromatic carbocycles. The fraction of sp³-hybridized carbons (Fsp3) is 0.250. The number of rotatable bonds is 6. The number of benzene rings is 2. The zero-order chi connectivity index (χ0) is 21.6. The first-order valence-electron chi connectivity index (χ1n) is 10.2. The van der Waals surface area contributed by atoms with E-state index in [1.54, 1.807) is 24.4 Å². The second-order valence-electron chi connectivity index (χ2n) is 7.52. The van der Waals surface area contributed by atoms with Crippen LogP contribution in [0.25, 0.3) is 0 Å². The van der Waals surface area contributed by atoms with Crippen LogP contribution in [-0.2, 0) is 17.8 Å². The van der Waals surface area contributed by atoms with E-state index in [0.717, 1.165) is 44.0 Å². The molecule has 0 aliphatic carbocycles. The van der Waals surface area contributed by atoms with Crippen LogP contribution in [0.15, 0.2) is 71.7 Å². The van der Waals surface area contributed by atoms with Gasteiger partial charge in [0.1, 0.15) is 0 Å². The maximum atomic E-state index is 12.8. The number of halogens is 1. The molecule has 0 saturated carbocycles. The summed E-state index contributed by atoms with van der Waals surface area (Å²) in [7, 11) is 0. The number of anilines is 1. The van der Waals surface area contributed by atoms with Crippen LogP contribution in [-0.4, -0.2) is 41.7 Å². The van der Waals surface area contributed by atoms with Crippen LogP contribution < -0.4 is 10.9 Å². The molecule has 0 atom stereocenters. The Kier molecular flexibility index (Phi) is 6.82. The van der Waals surface area contributed by atoms with Crippen LogP contribution in [0.4, 0.5) is 5.69 Å². The number of amides is 1. The highest BCUT2D eigenvalue weighted by molar-refractivity contribution is 6.31. The fourth-order valence-electron chi connectivity index (χ4n) is 3.57. The van der Waals surface area contributed by atoms with E-state index in [1.165, 1.54) is 10.6 Å². The Morgan fingerprint density at radius 1 is 1.00 bits per heavy atom. The van der Waals surface area contributed by atoms with Crippen molar-refractivity contribution in [3.05, 3.63) is 98.9 Å². The molecule has 7 heteroatoms. The summed E-state index contributed by atoms with van der Waals surface area (Å²) in [4.78, 5) is 27.4. The number of hydrogen-bond donors (Lipinski definition) is 1. The number of aromatic nitrogens is 1. The molecule has 3 aromatic rings. The molecule has 4 rings (SSSR count). The zero-order valence-corrected chi connectivity index (χ0v) is 17.8. The third-order valence-electron chi connectivity index (χ3n) is 5.24. The minimum absolute atomic E-state index is 0.162. The second kappa shape index (κ2) is 9.92. The standard InChI is InChI=1S/C24H24ClN3O3/c25-22-7-2-1-5-20(22)16-28-17-21(8-9-23(28)29)26-24(30)19-6-3-4-18(14-19)15-27-10-12-31-13-11-27/h1-9,14,17H,10-13,15-16H2,(H,26,30). The lowest BCUT2D eigenvalue weighted by Crippen LogP contribution is -2.35. The number of carbonyl (C=O) groups excluding carboxylic acids is 1. The molecule has 1 saturated heterocycles. The molecule has 1 N–H and O–H groups in total. The molecule has 1 amide bonds. The number of nitrogens with zero attached hydrogens (tertiary/aromatic N) is 2. The fourth-order valence-corrected chi connectivity index (χ4v) is 3.77. The van der Waals surface area contributed by atoms with Crippen molar-refractivity contribution < 1.29 is 9.53 Å². The highest BCUT2D eigenvalue weighted by Crippen LogP contribution is 2.17. The molecule has 6 nitrogen and oxygen atoms in total. The summed E-state index contributed by atoms with van der Waals surface area (Å²) in [5, 5.41) is 3.49. The Morgan fingerprint density at radius 3 is 2.61 bits per heavy atom. The third kappa shape index (κ3) is 5.61. The van der Waals surface area contributed by atoms with E-state index in [9.17, 15) is 9.59 Å². The number of hydrogen-bond acceptors (Lipinski definition) is 4. The maximum absolute atomic E-state index is 12.8. The monoisotopic (exact) mass is 437 g/mol.